The third-order valence-corrected chi connectivity index (χ3v) is 1.55. The Bertz CT molecular complexity index is 392. The molecule has 1 rings (SSSR count). The second-order valence-corrected chi connectivity index (χ2v) is 2.51. The summed E-state index contributed by atoms with van der Waals surface area (Å²) in [6.07, 6.45) is -4.03. The van der Waals surface area contributed by atoms with Crippen molar-refractivity contribution in [3.05, 3.63) is 27.9 Å². The molecule has 0 saturated heterocycles. The third-order valence-electron chi connectivity index (χ3n) is 1.55. The first kappa shape index (κ1) is 11.2. The molecule has 5 nitrogen and oxygen atoms in total. The van der Waals surface area contributed by atoms with Crippen LogP contribution < -0.4 is 4.74 Å². The number of nitrogens with zero attached hydrogens (tertiary/aromatic N) is 2. The number of hydrogen-bond acceptors (Lipinski definition) is 4. The molecule has 0 N–H and O–H groups in total. The minimum absolute atomic E-state index is 0.381. The van der Waals surface area contributed by atoms with Crippen molar-refractivity contribution in [2.45, 2.75) is 6.18 Å². The SMILES string of the molecule is COc1ncc([N+](=O)[O-])cc1C(F)(F)F. The molecule has 0 aromatic carbocycles. The second kappa shape index (κ2) is 3.71. The standard InChI is InChI=1S/C7H5F3N2O3/c1-15-6-5(7(8,9)10)2-4(3-11-6)12(13)14/h2-3H,1H3. The zero-order valence-electron chi connectivity index (χ0n) is 7.41. The lowest BCUT2D eigenvalue weighted by atomic mass is 10.2. The van der Waals surface area contributed by atoms with Gasteiger partial charge in [-0.1, -0.05) is 0 Å². The highest BCUT2D eigenvalue weighted by molar-refractivity contribution is 5.39. The van der Waals surface area contributed by atoms with Gasteiger partial charge in [0.15, 0.2) is 0 Å². The first-order chi connectivity index (χ1) is 6.86. The zero-order chi connectivity index (χ0) is 11.6. The topological polar surface area (TPSA) is 65.3 Å². The third kappa shape index (κ3) is 2.33. The Kier molecular flexibility index (Phi) is 2.78. The molecule has 82 valence electrons. The van der Waals surface area contributed by atoms with E-state index in [9.17, 15) is 23.3 Å². The zero-order valence-corrected chi connectivity index (χ0v) is 7.41. The number of aromatic nitrogens is 1. The molecular weight excluding hydrogens is 217 g/mol. The van der Waals surface area contributed by atoms with E-state index in [2.05, 4.69) is 9.72 Å². The highest BCUT2D eigenvalue weighted by atomic mass is 19.4. The summed E-state index contributed by atoms with van der Waals surface area (Å²) >= 11 is 0. The molecule has 0 unspecified atom stereocenters. The van der Waals surface area contributed by atoms with E-state index in [0.717, 1.165) is 7.11 Å². The molecule has 0 saturated carbocycles. The summed E-state index contributed by atoms with van der Waals surface area (Å²) in [4.78, 5) is 12.5. The lowest BCUT2D eigenvalue weighted by Gasteiger charge is -2.09. The highest BCUT2D eigenvalue weighted by Gasteiger charge is 2.36. The number of pyridine rings is 1. The van der Waals surface area contributed by atoms with Crippen LogP contribution >= 0.6 is 0 Å². The molecule has 0 fully saturated rings. The lowest BCUT2D eigenvalue weighted by Crippen LogP contribution is -2.09. The first-order valence-electron chi connectivity index (χ1n) is 3.62. The van der Waals surface area contributed by atoms with Gasteiger partial charge >= 0.3 is 6.18 Å². The summed E-state index contributed by atoms with van der Waals surface area (Å²) in [5, 5.41) is 10.2. The van der Waals surface area contributed by atoms with Gasteiger partial charge in [-0.25, -0.2) is 4.98 Å². The van der Waals surface area contributed by atoms with Crippen LogP contribution in [0, 0.1) is 10.1 Å². The van der Waals surface area contributed by atoms with Gasteiger partial charge in [0.25, 0.3) is 5.69 Å². The smallest absolute Gasteiger partial charge is 0.421 e. The van der Waals surface area contributed by atoms with Crippen molar-refractivity contribution < 1.29 is 22.8 Å². The summed E-state index contributed by atoms with van der Waals surface area (Å²) in [6.45, 7) is 0. The van der Waals surface area contributed by atoms with Crippen LogP contribution in [0.3, 0.4) is 0 Å². The molecule has 1 aromatic rings. The largest absolute Gasteiger partial charge is 0.481 e. The van der Waals surface area contributed by atoms with E-state index in [1.54, 1.807) is 0 Å². The van der Waals surface area contributed by atoms with Crippen LogP contribution in [0.5, 0.6) is 5.88 Å². The van der Waals surface area contributed by atoms with E-state index in [-0.39, 0.29) is 0 Å². The number of methoxy groups -OCH3 is 1. The minimum atomic E-state index is -4.73. The number of alkyl halides is 3. The van der Waals surface area contributed by atoms with Crippen molar-refractivity contribution in [3.8, 4) is 5.88 Å². The monoisotopic (exact) mass is 222 g/mol. The molecule has 0 bridgehead atoms. The van der Waals surface area contributed by atoms with E-state index in [4.69, 9.17) is 0 Å². The molecule has 0 aliphatic heterocycles. The fraction of sp³-hybridized carbons (Fsp3) is 0.286. The van der Waals surface area contributed by atoms with Gasteiger partial charge in [0.05, 0.1) is 12.0 Å². The van der Waals surface area contributed by atoms with Gasteiger partial charge in [-0.3, -0.25) is 10.1 Å². The number of halogens is 3. The predicted molar refractivity (Wildman–Crippen MR) is 42.4 cm³/mol. The van der Waals surface area contributed by atoms with Crippen LogP contribution in [-0.4, -0.2) is 17.0 Å². The maximum atomic E-state index is 12.3. The summed E-state index contributed by atoms with van der Waals surface area (Å²) in [5.74, 6) is -0.687. The quantitative estimate of drug-likeness (QED) is 0.567. The second-order valence-electron chi connectivity index (χ2n) is 2.51. The molecule has 0 amide bonds. The molecule has 0 atom stereocenters. The van der Waals surface area contributed by atoms with Gasteiger partial charge < -0.3 is 4.74 Å². The van der Waals surface area contributed by atoms with Crippen LogP contribution in [0.25, 0.3) is 0 Å². The molecule has 1 heterocycles. The minimum Gasteiger partial charge on any atom is -0.481 e. The lowest BCUT2D eigenvalue weighted by molar-refractivity contribution is -0.385. The fourth-order valence-electron chi connectivity index (χ4n) is 0.907. The van der Waals surface area contributed by atoms with E-state index >= 15 is 0 Å². The molecule has 0 spiro atoms. The van der Waals surface area contributed by atoms with Gasteiger partial charge in [0, 0.05) is 6.07 Å². The summed E-state index contributed by atoms with van der Waals surface area (Å²) in [7, 11) is 1.00. The number of rotatable bonds is 2. The molecular formula is C7H5F3N2O3. The average Bonchev–Trinajstić information content (AvgIpc) is 2.15. The van der Waals surface area contributed by atoms with Crippen molar-refractivity contribution in [2.75, 3.05) is 7.11 Å². The number of ether oxygens (including phenoxy) is 1. The Labute approximate surface area is 81.6 Å². The van der Waals surface area contributed by atoms with Crippen molar-refractivity contribution >= 4 is 5.69 Å². The van der Waals surface area contributed by atoms with Crippen molar-refractivity contribution in [1.29, 1.82) is 0 Å². The Hall–Kier alpha value is -1.86. The Morgan fingerprint density at radius 2 is 2.13 bits per heavy atom. The predicted octanol–water partition coefficient (Wildman–Crippen LogP) is 2.02. The Balaban J connectivity index is 3.32. The highest BCUT2D eigenvalue weighted by Crippen LogP contribution is 2.36. The van der Waals surface area contributed by atoms with Crippen LogP contribution in [0.15, 0.2) is 12.3 Å². The molecule has 8 heteroatoms. The summed E-state index contributed by atoms with van der Waals surface area (Å²) in [6, 6.07) is 0.381. The van der Waals surface area contributed by atoms with Crippen molar-refractivity contribution in [2.24, 2.45) is 0 Å². The molecule has 1 aromatic heterocycles. The maximum absolute atomic E-state index is 12.3. The average molecular weight is 222 g/mol. The van der Waals surface area contributed by atoms with E-state index in [1.165, 1.54) is 0 Å². The van der Waals surface area contributed by atoms with Crippen molar-refractivity contribution in [3.63, 3.8) is 0 Å². The molecule has 0 aliphatic rings. The first-order valence-corrected chi connectivity index (χ1v) is 3.62. The van der Waals surface area contributed by atoms with Crippen LogP contribution in [0.2, 0.25) is 0 Å². The van der Waals surface area contributed by atoms with Gasteiger partial charge in [-0.15, -0.1) is 0 Å². The van der Waals surface area contributed by atoms with Gasteiger partial charge in [0.1, 0.15) is 11.8 Å². The van der Waals surface area contributed by atoms with E-state index in [0.29, 0.717) is 12.3 Å². The molecule has 15 heavy (non-hydrogen) atoms. The Morgan fingerprint density at radius 1 is 1.53 bits per heavy atom. The molecule has 0 radical (unpaired) electrons. The number of nitro groups is 1. The van der Waals surface area contributed by atoms with Gasteiger partial charge in [0.2, 0.25) is 5.88 Å². The normalized spacial score (nSPS) is 11.2. The van der Waals surface area contributed by atoms with Crippen LogP contribution in [0.1, 0.15) is 5.56 Å². The summed E-state index contributed by atoms with van der Waals surface area (Å²) < 4.78 is 41.4. The van der Waals surface area contributed by atoms with Gasteiger partial charge in [-0.2, -0.15) is 13.2 Å². The van der Waals surface area contributed by atoms with Crippen LogP contribution in [0.4, 0.5) is 18.9 Å². The summed E-state index contributed by atoms with van der Waals surface area (Å²) in [5.41, 5.74) is -2.00. The van der Waals surface area contributed by atoms with Gasteiger partial charge in [-0.05, 0) is 0 Å². The van der Waals surface area contributed by atoms with E-state index < -0.39 is 28.2 Å². The number of hydrogen-bond donors (Lipinski definition) is 0. The van der Waals surface area contributed by atoms with Crippen molar-refractivity contribution in [1.82, 2.24) is 4.98 Å². The fourth-order valence-corrected chi connectivity index (χ4v) is 0.907. The Morgan fingerprint density at radius 3 is 2.53 bits per heavy atom. The molecule has 0 aliphatic carbocycles. The van der Waals surface area contributed by atoms with Crippen LogP contribution in [-0.2, 0) is 6.18 Å². The van der Waals surface area contributed by atoms with E-state index in [1.807, 2.05) is 0 Å². The maximum Gasteiger partial charge on any atom is 0.421 e.